The van der Waals surface area contributed by atoms with E-state index in [9.17, 15) is 8.60 Å². The average Bonchev–Trinajstić information content (AvgIpc) is 2.20. The fraction of sp³-hybridized carbons (Fsp3) is 0.333. The number of hydrogen-bond acceptors (Lipinski definition) is 2. The molecule has 7 heteroatoms. The van der Waals surface area contributed by atoms with Crippen molar-refractivity contribution in [3.05, 3.63) is 28.5 Å². The van der Waals surface area contributed by atoms with Crippen molar-refractivity contribution >= 4 is 28.6 Å². The molecule has 1 aromatic rings. The van der Waals surface area contributed by atoms with Gasteiger partial charge in [-0.15, -0.1) is 0 Å². The maximum atomic E-state index is 13.0. The fourth-order valence-corrected chi connectivity index (χ4v) is 1.65. The number of halogens is 2. The third-order valence-electron chi connectivity index (χ3n) is 2.13. The number of nitrogens with two attached hydrogens (primary N) is 1. The molecule has 3 N–H and O–H groups in total. The predicted molar refractivity (Wildman–Crippen MR) is 62.9 cm³/mol. The summed E-state index contributed by atoms with van der Waals surface area (Å²) in [5.41, 5.74) is 6.07. The largest absolute Gasteiger partial charge is 0.396 e. The molecule has 0 heterocycles. The summed E-state index contributed by atoms with van der Waals surface area (Å²) in [6.45, 7) is 0.327. The number of benzene rings is 1. The number of nitrogens with zero attached hydrogens (tertiary/aromatic N) is 1. The van der Waals surface area contributed by atoms with Crippen LogP contribution in [0.1, 0.15) is 5.56 Å². The first-order chi connectivity index (χ1) is 7.41. The molecular weight excluding hydrogens is 255 g/mol. The minimum atomic E-state index is -2.02. The molecule has 1 atom stereocenters. The lowest BCUT2D eigenvalue weighted by Crippen LogP contribution is -2.23. The van der Waals surface area contributed by atoms with Gasteiger partial charge >= 0.3 is 0 Å². The van der Waals surface area contributed by atoms with Gasteiger partial charge in [-0.05, 0) is 24.1 Å². The first-order valence-corrected chi connectivity index (χ1v) is 5.91. The van der Waals surface area contributed by atoms with Gasteiger partial charge in [0.05, 0.1) is 5.69 Å². The molecule has 4 nitrogen and oxygen atoms in total. The van der Waals surface area contributed by atoms with Gasteiger partial charge in [-0.3, -0.25) is 4.55 Å². The highest BCUT2D eigenvalue weighted by Crippen LogP contribution is 2.22. The van der Waals surface area contributed by atoms with Gasteiger partial charge in [0.15, 0.2) is 0 Å². The van der Waals surface area contributed by atoms with Crippen LogP contribution in [0.4, 0.5) is 10.1 Å². The summed E-state index contributed by atoms with van der Waals surface area (Å²) in [6.07, 6.45) is 0.423. The summed E-state index contributed by atoms with van der Waals surface area (Å²) >= 11 is 3.80. The van der Waals surface area contributed by atoms with E-state index in [-0.39, 0.29) is 10.7 Å². The van der Waals surface area contributed by atoms with Crippen molar-refractivity contribution in [3.8, 4) is 0 Å². The van der Waals surface area contributed by atoms with Crippen LogP contribution in [0.25, 0.3) is 0 Å². The third kappa shape index (κ3) is 3.41. The Morgan fingerprint density at radius 3 is 2.81 bits per heavy atom. The predicted octanol–water partition coefficient (Wildman–Crippen LogP) is 1.67. The second kappa shape index (κ2) is 5.58. The fourth-order valence-electron chi connectivity index (χ4n) is 1.16. The Morgan fingerprint density at radius 2 is 2.25 bits per heavy atom. The standard InChI is InChI=1S/C9H12ClFN2O2S/c1-13(16(14)15)3-2-6-4-9(12)8(11)5-7(6)10/h4-5H,2-3,12H2,1H3,(H,14,15). The molecule has 0 fully saturated rings. The molecule has 0 aliphatic carbocycles. The molecule has 90 valence electrons. The van der Waals surface area contributed by atoms with E-state index in [1.165, 1.54) is 17.4 Å². The molecule has 1 unspecified atom stereocenters. The summed E-state index contributed by atoms with van der Waals surface area (Å²) < 4.78 is 33.6. The molecule has 0 aromatic heterocycles. The molecule has 1 aromatic carbocycles. The minimum Gasteiger partial charge on any atom is -0.396 e. The lowest BCUT2D eigenvalue weighted by atomic mass is 10.1. The molecule has 0 aliphatic heterocycles. The topological polar surface area (TPSA) is 66.6 Å². The van der Waals surface area contributed by atoms with Crippen LogP contribution in [0.3, 0.4) is 0 Å². The quantitative estimate of drug-likeness (QED) is 0.644. The summed E-state index contributed by atoms with van der Waals surface area (Å²) in [7, 11) is 1.50. The van der Waals surface area contributed by atoms with Crippen LogP contribution >= 0.6 is 11.6 Å². The van der Waals surface area contributed by atoms with E-state index in [1.54, 1.807) is 0 Å². The third-order valence-corrected chi connectivity index (χ3v) is 3.20. The van der Waals surface area contributed by atoms with Crippen LogP contribution in [0.2, 0.25) is 5.02 Å². The average molecular weight is 267 g/mol. The Balaban J connectivity index is 2.74. The van der Waals surface area contributed by atoms with E-state index in [0.717, 1.165) is 6.07 Å². The van der Waals surface area contributed by atoms with E-state index in [2.05, 4.69) is 0 Å². The molecule has 0 aliphatic rings. The van der Waals surface area contributed by atoms with Crippen molar-refractivity contribution in [1.82, 2.24) is 4.31 Å². The zero-order valence-electron chi connectivity index (χ0n) is 8.61. The first-order valence-electron chi connectivity index (χ1n) is 4.47. The monoisotopic (exact) mass is 266 g/mol. The van der Waals surface area contributed by atoms with Crippen molar-refractivity contribution in [2.24, 2.45) is 0 Å². The molecule has 1 rings (SSSR count). The van der Waals surface area contributed by atoms with Gasteiger partial charge in [-0.1, -0.05) is 11.6 Å². The highest BCUT2D eigenvalue weighted by Gasteiger charge is 2.09. The van der Waals surface area contributed by atoms with Gasteiger partial charge in [0.2, 0.25) is 11.3 Å². The second-order valence-electron chi connectivity index (χ2n) is 3.30. The number of nitrogen functional groups attached to an aromatic ring is 1. The first kappa shape index (κ1) is 13.4. The zero-order valence-corrected chi connectivity index (χ0v) is 10.2. The summed E-state index contributed by atoms with van der Waals surface area (Å²) in [4.78, 5) is 0. The molecular formula is C9H12ClFN2O2S. The van der Waals surface area contributed by atoms with E-state index in [1.807, 2.05) is 0 Å². The second-order valence-corrected chi connectivity index (χ2v) is 4.79. The lowest BCUT2D eigenvalue weighted by molar-refractivity contribution is 0.450. The van der Waals surface area contributed by atoms with Crippen LogP contribution in [0, 0.1) is 5.82 Å². The van der Waals surface area contributed by atoms with Crippen LogP contribution in [0.15, 0.2) is 12.1 Å². The zero-order chi connectivity index (χ0) is 12.3. The van der Waals surface area contributed by atoms with Crippen molar-refractivity contribution in [1.29, 1.82) is 0 Å². The number of hydrogen-bond donors (Lipinski definition) is 2. The van der Waals surface area contributed by atoms with Crippen LogP contribution in [-0.4, -0.2) is 26.7 Å². The number of rotatable bonds is 4. The van der Waals surface area contributed by atoms with Crippen LogP contribution in [-0.2, 0) is 17.7 Å². The molecule has 0 bridgehead atoms. The maximum Gasteiger partial charge on any atom is 0.234 e. The Hall–Kier alpha value is -0.690. The Morgan fingerprint density at radius 1 is 1.62 bits per heavy atom. The minimum absolute atomic E-state index is 0.0205. The molecule has 0 saturated heterocycles. The van der Waals surface area contributed by atoms with Crippen molar-refractivity contribution < 1.29 is 13.2 Å². The normalized spacial score (nSPS) is 13.1. The van der Waals surface area contributed by atoms with Crippen LogP contribution < -0.4 is 5.73 Å². The smallest absolute Gasteiger partial charge is 0.234 e. The molecule has 0 amide bonds. The highest BCUT2D eigenvalue weighted by atomic mass is 35.5. The summed E-state index contributed by atoms with van der Waals surface area (Å²) in [5, 5.41) is 0.267. The Labute approximate surface area is 101 Å². The molecule has 0 spiro atoms. The van der Waals surface area contributed by atoms with E-state index in [4.69, 9.17) is 21.9 Å². The maximum absolute atomic E-state index is 13.0. The number of anilines is 1. The summed E-state index contributed by atoms with van der Waals surface area (Å²) in [5.74, 6) is -0.562. The van der Waals surface area contributed by atoms with Gasteiger partial charge in [-0.2, -0.15) is 0 Å². The van der Waals surface area contributed by atoms with Crippen molar-refractivity contribution in [2.45, 2.75) is 6.42 Å². The highest BCUT2D eigenvalue weighted by molar-refractivity contribution is 7.76. The van der Waals surface area contributed by atoms with E-state index >= 15 is 0 Å². The SMILES string of the molecule is CN(CCc1cc(N)c(F)cc1Cl)S(=O)O. The van der Waals surface area contributed by atoms with E-state index < -0.39 is 17.1 Å². The van der Waals surface area contributed by atoms with Gasteiger partial charge in [0.25, 0.3) is 0 Å². The van der Waals surface area contributed by atoms with Crippen LogP contribution in [0.5, 0.6) is 0 Å². The Bertz CT molecular complexity index is 417. The van der Waals surface area contributed by atoms with Crippen molar-refractivity contribution in [3.63, 3.8) is 0 Å². The molecule has 16 heavy (non-hydrogen) atoms. The molecule has 0 radical (unpaired) electrons. The lowest BCUT2D eigenvalue weighted by Gasteiger charge is -2.12. The van der Waals surface area contributed by atoms with Gasteiger partial charge in [0, 0.05) is 18.6 Å². The van der Waals surface area contributed by atoms with E-state index in [0.29, 0.717) is 18.5 Å². The van der Waals surface area contributed by atoms with Crippen molar-refractivity contribution in [2.75, 3.05) is 19.3 Å². The van der Waals surface area contributed by atoms with Gasteiger partial charge < -0.3 is 5.73 Å². The Kier molecular flexibility index (Phi) is 4.67. The van der Waals surface area contributed by atoms with Gasteiger partial charge in [-0.25, -0.2) is 12.9 Å². The molecule has 0 saturated carbocycles. The summed E-state index contributed by atoms with van der Waals surface area (Å²) in [6, 6.07) is 2.58. The number of likely N-dealkylation sites (N-methyl/N-ethyl adjacent to an activating group) is 1. The van der Waals surface area contributed by atoms with Gasteiger partial charge in [0.1, 0.15) is 5.82 Å².